The van der Waals surface area contributed by atoms with Crippen molar-refractivity contribution in [2.45, 2.75) is 19.3 Å². The van der Waals surface area contributed by atoms with Gasteiger partial charge >= 0.3 is 0 Å². The number of hydrogen-bond acceptors (Lipinski definition) is 4. The average molecular weight is 540 g/mol. The summed E-state index contributed by atoms with van der Waals surface area (Å²) in [6.07, 6.45) is 2.61. The van der Waals surface area contributed by atoms with E-state index in [0.29, 0.717) is 10.0 Å². The number of hydrazine groups is 1. The lowest BCUT2D eigenvalue weighted by Crippen LogP contribution is -2.52. The lowest BCUT2D eigenvalue weighted by Gasteiger charge is -2.31. The van der Waals surface area contributed by atoms with Crippen LogP contribution < -0.4 is 0 Å². The maximum atomic E-state index is 13.6. The summed E-state index contributed by atoms with van der Waals surface area (Å²) in [6.45, 7) is -0.578. The number of hydrogen-bond donors (Lipinski definition) is 0. The van der Waals surface area contributed by atoms with Crippen LogP contribution in [0, 0.1) is 23.7 Å². The normalized spacial score (nSPS) is 25.1. The fourth-order valence-corrected chi connectivity index (χ4v) is 6.61. The van der Waals surface area contributed by atoms with E-state index < -0.39 is 41.9 Å². The predicted molar refractivity (Wildman–Crippen MR) is 128 cm³/mol. The van der Waals surface area contributed by atoms with Gasteiger partial charge in [0.25, 0.3) is 17.7 Å². The topological polar surface area (TPSA) is 74.8 Å². The molecule has 0 aromatic heterocycles. The van der Waals surface area contributed by atoms with E-state index in [1.165, 1.54) is 36.4 Å². The Labute approximate surface area is 215 Å². The van der Waals surface area contributed by atoms with E-state index in [1.54, 1.807) is 0 Å². The molecule has 0 unspecified atom stereocenters. The van der Waals surface area contributed by atoms with Crippen LogP contribution in [0.2, 0.25) is 20.1 Å². The molecule has 176 valence electrons. The van der Waals surface area contributed by atoms with Crippen LogP contribution in [0.25, 0.3) is 0 Å². The van der Waals surface area contributed by atoms with Crippen LogP contribution in [0.5, 0.6) is 0 Å². The highest BCUT2D eigenvalue weighted by molar-refractivity contribution is 6.37. The zero-order valence-corrected chi connectivity index (χ0v) is 20.7. The minimum absolute atomic E-state index is 0.0155. The van der Waals surface area contributed by atoms with Gasteiger partial charge in [0.15, 0.2) is 5.78 Å². The van der Waals surface area contributed by atoms with Crippen LogP contribution in [0.15, 0.2) is 36.4 Å². The van der Waals surface area contributed by atoms with Gasteiger partial charge in [-0.25, -0.2) is 5.01 Å². The SMILES string of the molecule is O=C(CN(C(=O)c1ccc(Cl)cc1Cl)N1C(=O)[C@H]2[C@H]3CC[C@@H](C3)[C@@H]2C1=O)c1ccc(Cl)cc1Cl. The first-order valence-electron chi connectivity index (χ1n) is 10.8. The smallest absolute Gasteiger partial charge is 0.274 e. The van der Waals surface area contributed by atoms with E-state index in [-0.39, 0.29) is 33.0 Å². The van der Waals surface area contributed by atoms with Crippen LogP contribution in [0.4, 0.5) is 0 Å². The summed E-state index contributed by atoms with van der Waals surface area (Å²) in [5, 5.41) is 2.55. The molecule has 3 aliphatic rings. The summed E-state index contributed by atoms with van der Waals surface area (Å²) in [4.78, 5) is 53.7. The van der Waals surface area contributed by atoms with Crippen molar-refractivity contribution in [1.29, 1.82) is 0 Å². The number of carbonyl (C=O) groups excluding carboxylic acids is 4. The number of amides is 3. The number of halogens is 4. The summed E-state index contributed by atoms with van der Waals surface area (Å²) in [5.74, 6) is -2.89. The Bertz CT molecular complexity index is 1220. The van der Waals surface area contributed by atoms with Gasteiger partial charge in [0.1, 0.15) is 6.54 Å². The van der Waals surface area contributed by atoms with Gasteiger partial charge in [-0.2, -0.15) is 5.01 Å². The summed E-state index contributed by atoms with van der Waals surface area (Å²) in [6, 6.07) is 8.60. The third-order valence-corrected chi connectivity index (χ3v) is 8.16. The Morgan fingerprint density at radius 3 is 1.82 bits per heavy atom. The molecule has 1 saturated heterocycles. The van der Waals surface area contributed by atoms with Crippen molar-refractivity contribution < 1.29 is 19.2 Å². The Morgan fingerprint density at radius 1 is 0.824 bits per heavy atom. The Morgan fingerprint density at radius 2 is 1.32 bits per heavy atom. The molecule has 6 nitrogen and oxygen atoms in total. The molecule has 1 heterocycles. The molecule has 0 radical (unpaired) electrons. The third-order valence-electron chi connectivity index (χ3n) is 7.07. The molecular weight excluding hydrogens is 522 g/mol. The van der Waals surface area contributed by atoms with Crippen molar-refractivity contribution in [3.63, 3.8) is 0 Å². The summed E-state index contributed by atoms with van der Waals surface area (Å²) in [7, 11) is 0. The molecule has 2 aliphatic carbocycles. The minimum Gasteiger partial charge on any atom is -0.292 e. The van der Waals surface area contributed by atoms with Gasteiger partial charge < -0.3 is 0 Å². The largest absolute Gasteiger partial charge is 0.292 e. The zero-order valence-electron chi connectivity index (χ0n) is 17.6. The standard InChI is InChI=1S/C24H18Cl4N2O4/c25-13-3-5-15(17(27)8-13)19(31)10-29(22(32)16-6-4-14(26)9-18(16)28)30-23(33)20-11-1-2-12(7-11)21(20)24(30)34/h3-6,8-9,11-12,20-21H,1-2,7,10H2/t11-,12-,20-,21-/m0/s1. The zero-order chi connectivity index (χ0) is 24.3. The number of carbonyl (C=O) groups is 4. The second kappa shape index (κ2) is 8.83. The molecule has 3 amide bonds. The number of fused-ring (bicyclic) bond motifs is 5. The van der Waals surface area contributed by atoms with E-state index in [1.807, 2.05) is 0 Å². The van der Waals surface area contributed by atoms with Gasteiger partial charge in [0.05, 0.1) is 27.4 Å². The van der Waals surface area contributed by atoms with Crippen molar-refractivity contribution in [2.24, 2.45) is 23.7 Å². The van der Waals surface area contributed by atoms with Crippen LogP contribution in [0.3, 0.4) is 0 Å². The Hall–Kier alpha value is -2.12. The van der Waals surface area contributed by atoms with Crippen LogP contribution >= 0.6 is 46.4 Å². The second-order valence-electron chi connectivity index (χ2n) is 8.91. The van der Waals surface area contributed by atoms with E-state index in [4.69, 9.17) is 46.4 Å². The van der Waals surface area contributed by atoms with E-state index in [9.17, 15) is 19.2 Å². The lowest BCUT2D eigenvalue weighted by atomic mass is 9.81. The molecule has 2 saturated carbocycles. The van der Waals surface area contributed by atoms with Crippen LogP contribution in [-0.2, 0) is 9.59 Å². The van der Waals surface area contributed by atoms with E-state index in [0.717, 1.165) is 29.3 Å². The van der Waals surface area contributed by atoms with Crippen molar-refractivity contribution in [3.05, 3.63) is 67.6 Å². The highest BCUT2D eigenvalue weighted by atomic mass is 35.5. The number of imide groups is 1. The first kappa shape index (κ1) is 23.6. The first-order valence-corrected chi connectivity index (χ1v) is 12.3. The highest BCUT2D eigenvalue weighted by Crippen LogP contribution is 2.56. The molecular formula is C24H18Cl4N2O4. The molecule has 2 bridgehead atoms. The summed E-state index contributed by atoms with van der Waals surface area (Å²) >= 11 is 24.4. The van der Waals surface area contributed by atoms with Crippen molar-refractivity contribution in [3.8, 4) is 0 Å². The van der Waals surface area contributed by atoms with Crippen molar-refractivity contribution in [1.82, 2.24) is 10.0 Å². The fraction of sp³-hybridized carbons (Fsp3) is 0.333. The quantitative estimate of drug-likeness (QED) is 0.367. The number of benzene rings is 2. The monoisotopic (exact) mass is 538 g/mol. The van der Waals surface area contributed by atoms with Crippen molar-refractivity contribution >= 4 is 69.9 Å². The molecule has 10 heteroatoms. The minimum atomic E-state index is -0.755. The molecule has 0 spiro atoms. The molecule has 2 aromatic rings. The van der Waals surface area contributed by atoms with Gasteiger partial charge in [0, 0.05) is 15.6 Å². The average Bonchev–Trinajstić information content (AvgIpc) is 3.45. The van der Waals surface area contributed by atoms with Crippen molar-refractivity contribution in [2.75, 3.05) is 6.54 Å². The lowest BCUT2D eigenvalue weighted by molar-refractivity contribution is -0.154. The number of nitrogens with zero attached hydrogens (tertiary/aromatic N) is 2. The molecule has 1 aliphatic heterocycles. The molecule has 4 atom stereocenters. The van der Waals surface area contributed by atoms with Gasteiger partial charge in [0.2, 0.25) is 0 Å². The Balaban J connectivity index is 1.53. The van der Waals surface area contributed by atoms with E-state index >= 15 is 0 Å². The van der Waals surface area contributed by atoms with E-state index in [2.05, 4.69) is 0 Å². The van der Waals surface area contributed by atoms with Crippen LogP contribution in [0.1, 0.15) is 40.0 Å². The third kappa shape index (κ3) is 3.81. The highest BCUT2D eigenvalue weighted by Gasteiger charge is 2.62. The second-order valence-corrected chi connectivity index (χ2v) is 10.6. The number of Topliss-reactive ketones (excluding diaryl/α,β-unsaturated/α-hetero) is 1. The maximum Gasteiger partial charge on any atom is 0.274 e. The van der Waals surface area contributed by atoms with Crippen LogP contribution in [-0.4, -0.2) is 40.1 Å². The van der Waals surface area contributed by atoms with Gasteiger partial charge in [-0.1, -0.05) is 46.4 Å². The first-order chi connectivity index (χ1) is 16.2. The Kier molecular flexibility index (Phi) is 6.13. The number of rotatable bonds is 5. The van der Waals surface area contributed by atoms with Gasteiger partial charge in [-0.3, -0.25) is 19.2 Å². The molecule has 2 aromatic carbocycles. The van der Waals surface area contributed by atoms with Gasteiger partial charge in [-0.15, -0.1) is 0 Å². The molecule has 5 rings (SSSR count). The summed E-state index contributed by atoms with van der Waals surface area (Å²) in [5.41, 5.74) is 0.132. The summed E-state index contributed by atoms with van der Waals surface area (Å²) < 4.78 is 0. The number of ketones is 1. The molecule has 34 heavy (non-hydrogen) atoms. The van der Waals surface area contributed by atoms with Gasteiger partial charge in [-0.05, 0) is 67.5 Å². The molecule has 0 N–H and O–H groups in total. The predicted octanol–water partition coefficient (Wildman–Crippen LogP) is 5.57. The fourth-order valence-electron chi connectivity index (χ4n) is 5.60. The molecule has 3 fully saturated rings. The maximum absolute atomic E-state index is 13.6.